The molecule has 20 heavy (non-hydrogen) atoms. The molecule has 0 aromatic rings. The molecule has 0 aromatic heterocycles. The predicted molar refractivity (Wildman–Crippen MR) is 78.7 cm³/mol. The number of hydrogen-bond donors (Lipinski definition) is 1. The molecule has 1 aliphatic heterocycles. The number of Topliss-reactive ketones (excluding diaryl/α,β-unsaturated/α-hetero) is 1. The zero-order valence-electron chi connectivity index (χ0n) is 12.3. The molecular weight excluding hydrogens is 276 g/mol. The summed E-state index contributed by atoms with van der Waals surface area (Å²) in [5, 5.41) is 0. The van der Waals surface area contributed by atoms with Crippen molar-refractivity contribution in [2.24, 2.45) is 17.1 Å². The minimum absolute atomic E-state index is 0.162. The van der Waals surface area contributed by atoms with Gasteiger partial charge in [0, 0.05) is 31.5 Å². The van der Waals surface area contributed by atoms with E-state index >= 15 is 0 Å². The van der Waals surface area contributed by atoms with Crippen LogP contribution in [0.4, 0.5) is 0 Å². The molecule has 0 bridgehead atoms. The molecular formula is C14H26N2O3S. The molecule has 1 aliphatic carbocycles. The molecule has 2 fully saturated rings. The summed E-state index contributed by atoms with van der Waals surface area (Å²) in [6, 6.07) is 0. The van der Waals surface area contributed by atoms with Crippen LogP contribution in [0.1, 0.15) is 44.9 Å². The van der Waals surface area contributed by atoms with E-state index in [2.05, 4.69) is 0 Å². The number of ketones is 1. The standard InChI is InChI=1S/C14H26N2O3S/c1-20(18,19)16-8-4-5-12(10-16)9-13(17)14(11-15)6-2-3-7-14/h12H,2-11,15H2,1H3. The van der Waals surface area contributed by atoms with Crippen molar-refractivity contribution in [2.75, 3.05) is 25.9 Å². The first-order valence-electron chi connectivity index (χ1n) is 7.56. The molecule has 0 radical (unpaired) electrons. The van der Waals surface area contributed by atoms with Crippen LogP contribution in [0.2, 0.25) is 0 Å². The largest absolute Gasteiger partial charge is 0.329 e. The van der Waals surface area contributed by atoms with E-state index in [9.17, 15) is 13.2 Å². The highest BCUT2D eigenvalue weighted by Gasteiger charge is 2.40. The lowest BCUT2D eigenvalue weighted by molar-refractivity contribution is -0.129. The van der Waals surface area contributed by atoms with E-state index in [0.29, 0.717) is 26.1 Å². The Morgan fingerprint density at radius 3 is 2.50 bits per heavy atom. The average Bonchev–Trinajstić information content (AvgIpc) is 2.88. The first-order valence-corrected chi connectivity index (χ1v) is 9.41. The Bertz CT molecular complexity index is 455. The number of nitrogens with zero attached hydrogens (tertiary/aromatic N) is 1. The normalized spacial score (nSPS) is 27.6. The molecule has 1 heterocycles. The van der Waals surface area contributed by atoms with Gasteiger partial charge in [-0.3, -0.25) is 4.79 Å². The van der Waals surface area contributed by atoms with Crippen LogP contribution < -0.4 is 5.73 Å². The summed E-state index contributed by atoms with van der Waals surface area (Å²) in [6.07, 6.45) is 7.51. The smallest absolute Gasteiger partial charge is 0.211 e. The van der Waals surface area contributed by atoms with Crippen molar-refractivity contribution in [3.05, 3.63) is 0 Å². The van der Waals surface area contributed by atoms with E-state index in [-0.39, 0.29) is 17.1 Å². The van der Waals surface area contributed by atoms with Crippen LogP contribution in [0, 0.1) is 11.3 Å². The summed E-state index contributed by atoms with van der Waals surface area (Å²) in [5.74, 6) is 0.424. The van der Waals surface area contributed by atoms with Crippen LogP contribution in [-0.2, 0) is 14.8 Å². The molecule has 2 N–H and O–H groups in total. The molecule has 0 aromatic carbocycles. The van der Waals surface area contributed by atoms with Crippen molar-refractivity contribution in [1.82, 2.24) is 4.31 Å². The molecule has 1 saturated carbocycles. The Kier molecular flexibility index (Phi) is 4.87. The second-order valence-electron chi connectivity index (χ2n) is 6.45. The van der Waals surface area contributed by atoms with Crippen LogP contribution >= 0.6 is 0 Å². The third-order valence-electron chi connectivity index (χ3n) is 4.97. The molecule has 2 rings (SSSR count). The maximum atomic E-state index is 12.6. The first kappa shape index (κ1) is 15.9. The highest BCUT2D eigenvalue weighted by molar-refractivity contribution is 7.88. The first-order chi connectivity index (χ1) is 9.37. The van der Waals surface area contributed by atoms with Crippen LogP contribution in [0.15, 0.2) is 0 Å². The molecule has 5 nitrogen and oxygen atoms in total. The summed E-state index contributed by atoms with van der Waals surface area (Å²) >= 11 is 0. The van der Waals surface area contributed by atoms with Gasteiger partial charge < -0.3 is 5.73 Å². The van der Waals surface area contributed by atoms with Gasteiger partial charge in [0.05, 0.1) is 6.26 Å². The lowest BCUT2D eigenvalue weighted by atomic mass is 9.77. The Labute approximate surface area is 121 Å². The minimum Gasteiger partial charge on any atom is -0.329 e. The van der Waals surface area contributed by atoms with Gasteiger partial charge in [-0.25, -0.2) is 12.7 Å². The summed E-state index contributed by atoms with van der Waals surface area (Å²) < 4.78 is 24.7. The molecule has 6 heteroatoms. The molecule has 0 spiro atoms. The number of piperidine rings is 1. The maximum absolute atomic E-state index is 12.6. The quantitative estimate of drug-likeness (QED) is 0.825. The van der Waals surface area contributed by atoms with Gasteiger partial charge in [0.1, 0.15) is 5.78 Å². The topological polar surface area (TPSA) is 80.5 Å². The highest BCUT2D eigenvalue weighted by Crippen LogP contribution is 2.40. The molecule has 1 unspecified atom stereocenters. The molecule has 116 valence electrons. The number of sulfonamides is 1. The fraction of sp³-hybridized carbons (Fsp3) is 0.929. The van der Waals surface area contributed by atoms with E-state index in [4.69, 9.17) is 5.73 Å². The second-order valence-corrected chi connectivity index (χ2v) is 8.43. The monoisotopic (exact) mass is 302 g/mol. The minimum atomic E-state index is -3.14. The summed E-state index contributed by atoms with van der Waals surface area (Å²) in [4.78, 5) is 12.6. The van der Waals surface area contributed by atoms with Gasteiger partial charge in [-0.15, -0.1) is 0 Å². The van der Waals surface area contributed by atoms with Crippen LogP contribution in [-0.4, -0.2) is 44.4 Å². The molecule has 0 amide bonds. The Hall–Kier alpha value is -0.460. The molecule has 1 saturated heterocycles. The van der Waals surface area contributed by atoms with Crippen molar-refractivity contribution in [1.29, 1.82) is 0 Å². The van der Waals surface area contributed by atoms with E-state index in [1.165, 1.54) is 10.6 Å². The number of nitrogens with two attached hydrogens (primary N) is 1. The van der Waals surface area contributed by atoms with E-state index in [1.807, 2.05) is 0 Å². The van der Waals surface area contributed by atoms with Crippen LogP contribution in [0.3, 0.4) is 0 Å². The van der Waals surface area contributed by atoms with Crippen LogP contribution in [0.5, 0.6) is 0 Å². The van der Waals surface area contributed by atoms with Crippen molar-refractivity contribution in [3.63, 3.8) is 0 Å². The Morgan fingerprint density at radius 2 is 1.95 bits per heavy atom. The van der Waals surface area contributed by atoms with E-state index in [0.717, 1.165) is 38.5 Å². The Balaban J connectivity index is 1.97. The predicted octanol–water partition coefficient (Wildman–Crippen LogP) is 1.14. The molecule has 2 aliphatic rings. The molecule has 1 atom stereocenters. The number of carbonyl (C=O) groups is 1. The third-order valence-corrected chi connectivity index (χ3v) is 6.24. The lowest BCUT2D eigenvalue weighted by Crippen LogP contribution is -2.42. The van der Waals surface area contributed by atoms with Crippen LogP contribution in [0.25, 0.3) is 0 Å². The van der Waals surface area contributed by atoms with E-state index < -0.39 is 10.0 Å². The summed E-state index contributed by atoms with van der Waals surface area (Å²) in [5.41, 5.74) is 5.53. The van der Waals surface area contributed by atoms with E-state index in [1.54, 1.807) is 0 Å². The summed E-state index contributed by atoms with van der Waals surface area (Å²) in [7, 11) is -3.14. The van der Waals surface area contributed by atoms with Gasteiger partial charge in [0.15, 0.2) is 0 Å². The highest BCUT2D eigenvalue weighted by atomic mass is 32.2. The van der Waals surface area contributed by atoms with Crippen molar-refractivity contribution < 1.29 is 13.2 Å². The van der Waals surface area contributed by atoms with Gasteiger partial charge in [0.2, 0.25) is 10.0 Å². The third kappa shape index (κ3) is 3.40. The summed E-state index contributed by atoms with van der Waals surface area (Å²) in [6.45, 7) is 1.52. The lowest BCUT2D eigenvalue weighted by Gasteiger charge is -2.33. The van der Waals surface area contributed by atoms with Gasteiger partial charge in [-0.2, -0.15) is 0 Å². The number of carbonyl (C=O) groups excluding carboxylic acids is 1. The van der Waals surface area contributed by atoms with Gasteiger partial charge >= 0.3 is 0 Å². The average molecular weight is 302 g/mol. The fourth-order valence-corrected chi connectivity index (χ4v) is 4.56. The SMILES string of the molecule is CS(=O)(=O)N1CCCC(CC(=O)C2(CN)CCCC2)C1. The van der Waals surface area contributed by atoms with Crippen molar-refractivity contribution in [3.8, 4) is 0 Å². The maximum Gasteiger partial charge on any atom is 0.211 e. The Morgan fingerprint density at radius 1 is 1.30 bits per heavy atom. The van der Waals surface area contributed by atoms with Crippen molar-refractivity contribution in [2.45, 2.75) is 44.9 Å². The number of rotatable bonds is 5. The van der Waals surface area contributed by atoms with Gasteiger partial charge in [-0.05, 0) is 31.6 Å². The zero-order valence-corrected chi connectivity index (χ0v) is 13.1. The van der Waals surface area contributed by atoms with Crippen molar-refractivity contribution >= 4 is 15.8 Å². The van der Waals surface area contributed by atoms with Gasteiger partial charge in [-0.1, -0.05) is 12.8 Å². The van der Waals surface area contributed by atoms with Gasteiger partial charge in [0.25, 0.3) is 0 Å². The second kappa shape index (κ2) is 6.12. The number of hydrogen-bond acceptors (Lipinski definition) is 4. The zero-order chi connectivity index (χ0) is 14.8. The fourth-order valence-electron chi connectivity index (χ4n) is 3.62.